The largest absolute Gasteiger partial charge is 0.395 e. The first-order valence-electron chi connectivity index (χ1n) is 6.45. The van der Waals surface area contributed by atoms with E-state index in [0.29, 0.717) is 13.1 Å². The molecule has 0 bridgehead atoms. The van der Waals surface area contributed by atoms with Crippen molar-refractivity contribution in [3.05, 3.63) is 36.5 Å². The van der Waals surface area contributed by atoms with Gasteiger partial charge in [0, 0.05) is 39.9 Å². The molecule has 0 aromatic carbocycles. The summed E-state index contributed by atoms with van der Waals surface area (Å²) in [4.78, 5) is 19.6. The van der Waals surface area contributed by atoms with Gasteiger partial charge in [-0.1, -0.05) is 6.08 Å². The molecule has 6 nitrogen and oxygen atoms in total. The first-order chi connectivity index (χ1) is 9.58. The fourth-order valence-corrected chi connectivity index (χ4v) is 1.66. The number of carbonyl (C=O) groups excluding carboxylic acids is 1. The maximum atomic E-state index is 11.9. The van der Waals surface area contributed by atoms with Gasteiger partial charge in [0.25, 0.3) is 0 Å². The highest BCUT2D eigenvalue weighted by atomic mass is 16.3. The molecule has 1 rings (SSSR count). The van der Waals surface area contributed by atoms with Crippen molar-refractivity contribution in [3.8, 4) is 0 Å². The summed E-state index contributed by atoms with van der Waals surface area (Å²) in [5.74, 6) is 0.843. The van der Waals surface area contributed by atoms with Gasteiger partial charge in [-0.05, 0) is 17.7 Å². The molecule has 0 fully saturated rings. The number of nitrogens with one attached hydrogen (secondary N) is 1. The molecule has 0 saturated carbocycles. The van der Waals surface area contributed by atoms with Crippen molar-refractivity contribution in [1.29, 1.82) is 0 Å². The van der Waals surface area contributed by atoms with E-state index >= 15 is 0 Å². The van der Waals surface area contributed by atoms with Gasteiger partial charge in [0.05, 0.1) is 6.61 Å². The van der Waals surface area contributed by atoms with Crippen LogP contribution in [0, 0.1) is 0 Å². The zero-order valence-corrected chi connectivity index (χ0v) is 12.0. The number of hydrogen-bond donors (Lipinski definition) is 2. The molecule has 1 aromatic heterocycles. The SMILES string of the molecule is C=CCN(CCO)C(=O)NCc1ccnc(N(C)C)c1. The fourth-order valence-electron chi connectivity index (χ4n) is 1.66. The molecular weight excluding hydrogens is 256 g/mol. The Morgan fingerprint density at radius 3 is 2.90 bits per heavy atom. The standard InChI is InChI=1S/C14H22N4O2/c1-4-7-18(8-9-19)14(20)16-11-12-5-6-15-13(10-12)17(2)3/h4-6,10,19H,1,7-9,11H2,2-3H3,(H,16,20). The third kappa shape index (κ3) is 4.89. The van der Waals surface area contributed by atoms with Crippen molar-refractivity contribution >= 4 is 11.8 Å². The lowest BCUT2D eigenvalue weighted by atomic mass is 10.2. The lowest BCUT2D eigenvalue weighted by molar-refractivity contribution is 0.183. The molecule has 0 unspecified atom stereocenters. The van der Waals surface area contributed by atoms with E-state index < -0.39 is 0 Å². The quantitative estimate of drug-likeness (QED) is 0.725. The number of hydrogen-bond acceptors (Lipinski definition) is 4. The Balaban J connectivity index is 2.59. The molecular formula is C14H22N4O2. The van der Waals surface area contributed by atoms with E-state index in [4.69, 9.17) is 5.11 Å². The van der Waals surface area contributed by atoms with Crippen molar-refractivity contribution in [3.63, 3.8) is 0 Å². The van der Waals surface area contributed by atoms with Crippen molar-refractivity contribution < 1.29 is 9.90 Å². The zero-order valence-electron chi connectivity index (χ0n) is 12.0. The van der Waals surface area contributed by atoms with Crippen LogP contribution in [0.1, 0.15) is 5.56 Å². The van der Waals surface area contributed by atoms with Gasteiger partial charge in [-0.3, -0.25) is 0 Å². The fraction of sp³-hybridized carbons (Fsp3) is 0.429. The minimum Gasteiger partial charge on any atom is -0.395 e. The number of carbonyl (C=O) groups is 1. The van der Waals surface area contributed by atoms with Crippen LogP contribution in [0.5, 0.6) is 0 Å². The summed E-state index contributed by atoms with van der Waals surface area (Å²) in [5, 5.41) is 11.7. The second-order valence-corrected chi connectivity index (χ2v) is 4.53. The van der Waals surface area contributed by atoms with Gasteiger partial charge in [-0.25, -0.2) is 9.78 Å². The number of nitrogens with zero attached hydrogens (tertiary/aromatic N) is 3. The van der Waals surface area contributed by atoms with Crippen molar-refractivity contribution in [1.82, 2.24) is 15.2 Å². The molecule has 0 aliphatic rings. The monoisotopic (exact) mass is 278 g/mol. The number of aliphatic hydroxyl groups excluding tert-OH is 1. The highest BCUT2D eigenvalue weighted by Gasteiger charge is 2.10. The maximum absolute atomic E-state index is 11.9. The average molecular weight is 278 g/mol. The van der Waals surface area contributed by atoms with Crippen molar-refractivity contribution in [2.24, 2.45) is 0 Å². The highest BCUT2D eigenvalue weighted by molar-refractivity contribution is 5.74. The maximum Gasteiger partial charge on any atom is 0.318 e. The Hall–Kier alpha value is -2.08. The molecule has 1 aromatic rings. The van der Waals surface area contributed by atoms with Gasteiger partial charge in [0.1, 0.15) is 5.82 Å². The van der Waals surface area contributed by atoms with E-state index in [1.165, 1.54) is 4.90 Å². The van der Waals surface area contributed by atoms with Crippen LogP contribution in [0.2, 0.25) is 0 Å². The third-order valence-corrected chi connectivity index (χ3v) is 2.72. The molecule has 110 valence electrons. The smallest absolute Gasteiger partial charge is 0.318 e. The number of aromatic nitrogens is 1. The van der Waals surface area contributed by atoms with Crippen LogP contribution in [0.25, 0.3) is 0 Å². The molecule has 0 radical (unpaired) electrons. The predicted octanol–water partition coefficient (Wildman–Crippen LogP) is 0.837. The van der Waals surface area contributed by atoms with Crippen LogP contribution in [-0.4, -0.2) is 54.8 Å². The molecule has 20 heavy (non-hydrogen) atoms. The molecule has 0 atom stereocenters. The molecule has 1 heterocycles. The lowest BCUT2D eigenvalue weighted by Crippen LogP contribution is -2.41. The minimum absolute atomic E-state index is 0.0682. The summed E-state index contributed by atoms with van der Waals surface area (Å²) >= 11 is 0. The summed E-state index contributed by atoms with van der Waals surface area (Å²) in [6.07, 6.45) is 3.35. The van der Waals surface area contributed by atoms with E-state index in [1.54, 1.807) is 12.3 Å². The van der Waals surface area contributed by atoms with Crippen LogP contribution >= 0.6 is 0 Å². The summed E-state index contributed by atoms with van der Waals surface area (Å²) in [7, 11) is 3.83. The van der Waals surface area contributed by atoms with Crippen LogP contribution in [-0.2, 0) is 6.54 Å². The van der Waals surface area contributed by atoms with Crippen LogP contribution in [0.4, 0.5) is 10.6 Å². The van der Waals surface area contributed by atoms with Crippen LogP contribution in [0.3, 0.4) is 0 Å². The van der Waals surface area contributed by atoms with E-state index in [0.717, 1.165) is 11.4 Å². The number of pyridine rings is 1. The number of anilines is 1. The number of urea groups is 1. The van der Waals surface area contributed by atoms with E-state index in [9.17, 15) is 4.79 Å². The Kier molecular flexibility index (Phi) is 6.52. The molecule has 6 heteroatoms. The Morgan fingerprint density at radius 2 is 2.30 bits per heavy atom. The first kappa shape index (κ1) is 16.0. The number of aliphatic hydroxyl groups is 1. The number of rotatable bonds is 7. The summed E-state index contributed by atoms with van der Waals surface area (Å²) in [5.41, 5.74) is 0.972. The molecule has 2 amide bonds. The Morgan fingerprint density at radius 1 is 1.55 bits per heavy atom. The highest BCUT2D eigenvalue weighted by Crippen LogP contribution is 2.09. The van der Waals surface area contributed by atoms with E-state index in [-0.39, 0.29) is 19.2 Å². The Bertz CT molecular complexity index is 449. The second-order valence-electron chi connectivity index (χ2n) is 4.53. The first-order valence-corrected chi connectivity index (χ1v) is 6.45. The van der Waals surface area contributed by atoms with Gasteiger partial charge >= 0.3 is 6.03 Å². The Labute approximate surface area is 119 Å². The van der Waals surface area contributed by atoms with E-state index in [2.05, 4.69) is 16.9 Å². The van der Waals surface area contributed by atoms with Crippen molar-refractivity contribution in [2.45, 2.75) is 6.54 Å². The van der Waals surface area contributed by atoms with Gasteiger partial charge in [-0.2, -0.15) is 0 Å². The summed E-state index contributed by atoms with van der Waals surface area (Å²) in [6, 6.07) is 3.56. The topological polar surface area (TPSA) is 68.7 Å². The third-order valence-electron chi connectivity index (χ3n) is 2.72. The number of amides is 2. The molecule has 0 spiro atoms. The molecule has 0 saturated heterocycles. The van der Waals surface area contributed by atoms with Gasteiger partial charge < -0.3 is 20.2 Å². The molecule has 0 aliphatic heterocycles. The zero-order chi connectivity index (χ0) is 15.0. The summed E-state index contributed by atoms with van der Waals surface area (Å²) in [6.45, 7) is 4.64. The van der Waals surface area contributed by atoms with Gasteiger partial charge in [0.2, 0.25) is 0 Å². The lowest BCUT2D eigenvalue weighted by Gasteiger charge is -2.20. The normalized spacial score (nSPS) is 9.95. The van der Waals surface area contributed by atoms with Crippen LogP contribution < -0.4 is 10.2 Å². The second kappa shape index (κ2) is 8.16. The molecule has 0 aliphatic carbocycles. The van der Waals surface area contributed by atoms with Gasteiger partial charge in [0.15, 0.2) is 0 Å². The van der Waals surface area contributed by atoms with Crippen LogP contribution in [0.15, 0.2) is 31.0 Å². The minimum atomic E-state index is -0.220. The average Bonchev–Trinajstić information content (AvgIpc) is 2.45. The molecule has 2 N–H and O–H groups in total. The van der Waals surface area contributed by atoms with Gasteiger partial charge in [-0.15, -0.1) is 6.58 Å². The summed E-state index contributed by atoms with van der Waals surface area (Å²) < 4.78 is 0. The van der Waals surface area contributed by atoms with Crippen molar-refractivity contribution in [2.75, 3.05) is 38.7 Å². The predicted molar refractivity (Wildman–Crippen MR) is 79.7 cm³/mol. The van der Waals surface area contributed by atoms with E-state index in [1.807, 2.05) is 31.1 Å².